The van der Waals surface area contributed by atoms with Crippen LogP contribution in [0.2, 0.25) is 0 Å². The number of nitrogens with one attached hydrogen (secondary N) is 2. The Hall–Kier alpha value is -2.24. The number of rotatable bonds is 1. The summed E-state index contributed by atoms with van der Waals surface area (Å²) in [4.78, 5) is 28.8. The van der Waals surface area contributed by atoms with Crippen molar-refractivity contribution in [2.45, 2.75) is 44.2 Å². The number of hydrogen-bond acceptors (Lipinski definition) is 3. The molecule has 1 saturated carbocycles. The molecule has 24 heavy (non-hydrogen) atoms. The predicted octanol–water partition coefficient (Wildman–Crippen LogP) is 1.95. The highest BCUT2D eigenvalue weighted by Gasteiger charge is 2.39. The number of nitrogens with zero attached hydrogens (tertiary/aromatic N) is 2. The molecule has 0 aromatic heterocycles. The summed E-state index contributed by atoms with van der Waals surface area (Å²) in [5, 5.41) is 6.11. The molecule has 0 unspecified atom stereocenters. The highest BCUT2D eigenvalue weighted by molar-refractivity contribution is 5.95. The molecule has 0 spiro atoms. The number of carbonyl (C=O) groups is 2. The summed E-state index contributed by atoms with van der Waals surface area (Å²) in [6.07, 6.45) is 5.11. The van der Waals surface area contributed by atoms with Crippen LogP contribution in [0.4, 0.5) is 16.2 Å². The molecule has 2 fully saturated rings. The van der Waals surface area contributed by atoms with Crippen LogP contribution in [0.15, 0.2) is 18.2 Å². The monoisotopic (exact) mass is 328 g/mol. The minimum Gasteiger partial charge on any atom is -0.374 e. The fourth-order valence-electron chi connectivity index (χ4n) is 4.30. The molecule has 128 valence electrons. The lowest BCUT2D eigenvalue weighted by atomic mass is 9.87. The third kappa shape index (κ3) is 2.60. The summed E-state index contributed by atoms with van der Waals surface area (Å²) in [5.41, 5.74) is 3.25. The molecule has 0 bridgehead atoms. The van der Waals surface area contributed by atoms with Gasteiger partial charge in [-0.25, -0.2) is 4.79 Å². The van der Waals surface area contributed by atoms with Crippen LogP contribution in [-0.2, 0) is 11.2 Å². The normalized spacial score (nSPS) is 25.8. The topological polar surface area (TPSA) is 64.7 Å². The minimum absolute atomic E-state index is 0.0497. The highest BCUT2D eigenvalue weighted by Crippen LogP contribution is 2.33. The van der Waals surface area contributed by atoms with E-state index < -0.39 is 0 Å². The van der Waals surface area contributed by atoms with Crippen LogP contribution in [0.5, 0.6) is 0 Å². The van der Waals surface area contributed by atoms with Crippen LogP contribution in [-0.4, -0.2) is 49.1 Å². The van der Waals surface area contributed by atoms with Crippen molar-refractivity contribution in [1.82, 2.24) is 10.2 Å². The van der Waals surface area contributed by atoms with E-state index >= 15 is 0 Å². The van der Waals surface area contributed by atoms with Gasteiger partial charge in [0.05, 0.1) is 6.04 Å². The van der Waals surface area contributed by atoms with Crippen molar-refractivity contribution in [2.24, 2.45) is 0 Å². The Morgan fingerprint density at radius 2 is 2.12 bits per heavy atom. The van der Waals surface area contributed by atoms with Gasteiger partial charge in [0, 0.05) is 36.6 Å². The molecule has 3 amide bonds. The van der Waals surface area contributed by atoms with E-state index in [2.05, 4.69) is 28.6 Å². The van der Waals surface area contributed by atoms with Crippen LogP contribution in [0.25, 0.3) is 0 Å². The molecular weight excluding hydrogens is 304 g/mol. The average molecular weight is 328 g/mol. The second-order valence-corrected chi connectivity index (χ2v) is 7.06. The highest BCUT2D eigenvalue weighted by atomic mass is 16.2. The van der Waals surface area contributed by atoms with Crippen molar-refractivity contribution < 1.29 is 9.59 Å². The summed E-state index contributed by atoms with van der Waals surface area (Å²) >= 11 is 0. The van der Waals surface area contributed by atoms with Gasteiger partial charge >= 0.3 is 6.03 Å². The maximum Gasteiger partial charge on any atom is 0.322 e. The number of amides is 3. The SMILES string of the molecule is CN1CCc2c(NC(=O)N3CC(=O)N[C@H]4CCCC[C@@H]43)cccc21. The fraction of sp³-hybridized carbons (Fsp3) is 0.556. The van der Waals surface area contributed by atoms with Crippen molar-refractivity contribution >= 4 is 23.3 Å². The number of likely N-dealkylation sites (N-methyl/N-ethyl adjacent to an activating group) is 1. The molecule has 0 radical (unpaired) electrons. The number of anilines is 2. The minimum atomic E-state index is -0.148. The van der Waals surface area contributed by atoms with Gasteiger partial charge < -0.3 is 20.4 Å². The fourth-order valence-corrected chi connectivity index (χ4v) is 4.30. The van der Waals surface area contributed by atoms with Gasteiger partial charge in [0.15, 0.2) is 0 Å². The second kappa shape index (κ2) is 6.00. The first kappa shape index (κ1) is 15.3. The molecule has 1 saturated heterocycles. The second-order valence-electron chi connectivity index (χ2n) is 7.06. The molecule has 2 aliphatic heterocycles. The first-order chi connectivity index (χ1) is 11.6. The Labute approximate surface area is 142 Å². The van der Waals surface area contributed by atoms with E-state index in [4.69, 9.17) is 0 Å². The van der Waals surface area contributed by atoms with E-state index in [0.29, 0.717) is 0 Å². The number of piperazine rings is 1. The van der Waals surface area contributed by atoms with Gasteiger partial charge in [-0.15, -0.1) is 0 Å². The number of urea groups is 1. The van der Waals surface area contributed by atoms with E-state index in [0.717, 1.165) is 44.3 Å². The third-order valence-electron chi connectivity index (χ3n) is 5.55. The maximum absolute atomic E-state index is 12.9. The van der Waals surface area contributed by atoms with Gasteiger partial charge in [0.1, 0.15) is 6.54 Å². The van der Waals surface area contributed by atoms with Crippen molar-refractivity contribution in [3.05, 3.63) is 23.8 Å². The van der Waals surface area contributed by atoms with Crippen molar-refractivity contribution in [3.8, 4) is 0 Å². The van der Waals surface area contributed by atoms with Crippen molar-refractivity contribution in [1.29, 1.82) is 0 Å². The first-order valence-electron chi connectivity index (χ1n) is 8.83. The maximum atomic E-state index is 12.9. The molecule has 6 heteroatoms. The Balaban J connectivity index is 1.55. The number of fused-ring (bicyclic) bond motifs is 2. The van der Waals surface area contributed by atoms with E-state index in [1.54, 1.807) is 4.90 Å². The Morgan fingerprint density at radius 1 is 1.29 bits per heavy atom. The molecule has 3 aliphatic rings. The quantitative estimate of drug-likeness (QED) is 0.828. The first-order valence-corrected chi connectivity index (χ1v) is 8.83. The molecular formula is C18H24N4O2. The van der Waals surface area contributed by atoms with E-state index in [9.17, 15) is 9.59 Å². The predicted molar refractivity (Wildman–Crippen MR) is 93.3 cm³/mol. The molecule has 1 aromatic carbocycles. The summed E-state index contributed by atoms with van der Waals surface area (Å²) < 4.78 is 0. The van der Waals surface area contributed by atoms with Gasteiger partial charge in [-0.2, -0.15) is 0 Å². The van der Waals surface area contributed by atoms with E-state index in [1.807, 2.05) is 12.1 Å². The Kier molecular flexibility index (Phi) is 3.82. The number of carbonyl (C=O) groups excluding carboxylic acids is 2. The van der Waals surface area contributed by atoms with Crippen molar-refractivity contribution in [2.75, 3.05) is 30.4 Å². The number of benzene rings is 1. The molecule has 2 N–H and O–H groups in total. The molecule has 1 aromatic rings. The van der Waals surface area contributed by atoms with Crippen LogP contribution in [0.3, 0.4) is 0 Å². The lowest BCUT2D eigenvalue weighted by molar-refractivity contribution is -0.126. The van der Waals surface area contributed by atoms with Crippen LogP contribution in [0, 0.1) is 0 Å². The molecule has 2 atom stereocenters. The molecule has 1 aliphatic carbocycles. The van der Waals surface area contributed by atoms with E-state index in [1.165, 1.54) is 11.3 Å². The average Bonchev–Trinajstić information content (AvgIpc) is 2.96. The van der Waals surface area contributed by atoms with Crippen LogP contribution in [0.1, 0.15) is 31.2 Å². The third-order valence-corrected chi connectivity index (χ3v) is 5.55. The Bertz CT molecular complexity index is 675. The van der Waals surface area contributed by atoms with Gasteiger partial charge in [-0.3, -0.25) is 4.79 Å². The van der Waals surface area contributed by atoms with Gasteiger partial charge in [-0.1, -0.05) is 18.9 Å². The van der Waals surface area contributed by atoms with Crippen molar-refractivity contribution in [3.63, 3.8) is 0 Å². The van der Waals surface area contributed by atoms with E-state index in [-0.39, 0.29) is 30.6 Å². The lowest BCUT2D eigenvalue weighted by Crippen LogP contribution is -2.63. The Morgan fingerprint density at radius 3 is 3.00 bits per heavy atom. The van der Waals surface area contributed by atoms with Crippen LogP contribution >= 0.6 is 0 Å². The smallest absolute Gasteiger partial charge is 0.322 e. The zero-order chi connectivity index (χ0) is 16.7. The largest absolute Gasteiger partial charge is 0.374 e. The summed E-state index contributed by atoms with van der Waals surface area (Å²) in [6, 6.07) is 6.10. The summed E-state index contributed by atoms with van der Waals surface area (Å²) in [5.74, 6) is -0.0497. The van der Waals surface area contributed by atoms with Gasteiger partial charge in [0.2, 0.25) is 5.91 Å². The summed E-state index contributed by atoms with van der Waals surface area (Å²) in [6.45, 7) is 1.13. The zero-order valence-corrected chi connectivity index (χ0v) is 14.0. The van der Waals surface area contributed by atoms with Gasteiger partial charge in [-0.05, 0) is 31.4 Å². The summed E-state index contributed by atoms with van der Waals surface area (Å²) in [7, 11) is 2.07. The standard InChI is InChI=1S/C18H24N4O2/c1-21-10-9-12-13(6-4-8-15(12)21)20-18(24)22-11-17(23)19-14-5-2-3-7-16(14)22/h4,6,8,14,16H,2-3,5,7,9-11H2,1H3,(H,19,23)(H,20,24)/t14-,16-/m0/s1. The lowest BCUT2D eigenvalue weighted by Gasteiger charge is -2.43. The molecule has 4 rings (SSSR count). The van der Waals surface area contributed by atoms with Gasteiger partial charge in [0.25, 0.3) is 0 Å². The molecule has 6 nitrogen and oxygen atoms in total. The zero-order valence-electron chi connectivity index (χ0n) is 14.0. The van der Waals surface area contributed by atoms with Crippen LogP contribution < -0.4 is 15.5 Å². The number of hydrogen-bond donors (Lipinski definition) is 2. The molecule has 2 heterocycles.